The molecule has 0 aliphatic heterocycles. The number of nitrogens with one attached hydrogen (secondary N) is 2. The Morgan fingerprint density at radius 2 is 2.21 bits per heavy atom. The van der Waals surface area contributed by atoms with Crippen molar-refractivity contribution in [3.8, 4) is 5.88 Å². The van der Waals surface area contributed by atoms with Gasteiger partial charge in [0.25, 0.3) is 0 Å². The summed E-state index contributed by atoms with van der Waals surface area (Å²) in [5, 5.41) is 12.7. The molecule has 0 amide bonds. The quantitative estimate of drug-likeness (QED) is 0.476. The highest BCUT2D eigenvalue weighted by molar-refractivity contribution is 5.85. The number of aromatic amines is 1. The average Bonchev–Trinajstić information content (AvgIpc) is 2.98. The fourth-order valence-electron chi connectivity index (χ4n) is 2.76. The van der Waals surface area contributed by atoms with Gasteiger partial charge in [0, 0.05) is 13.1 Å². The second-order valence-corrected chi connectivity index (χ2v) is 6.77. The van der Waals surface area contributed by atoms with E-state index in [9.17, 15) is 9.90 Å². The first kappa shape index (κ1) is 24.3. The van der Waals surface area contributed by atoms with Crippen LogP contribution < -0.4 is 21.5 Å². The number of H-pyrrole nitrogens is 1. The van der Waals surface area contributed by atoms with Crippen molar-refractivity contribution < 1.29 is 9.84 Å². The van der Waals surface area contributed by atoms with Crippen LogP contribution in [0.25, 0.3) is 11.0 Å². The van der Waals surface area contributed by atoms with E-state index in [1.165, 1.54) is 0 Å². The van der Waals surface area contributed by atoms with E-state index >= 15 is 0 Å². The molecule has 0 aliphatic carbocycles. The average molecular weight is 406 g/mol. The third-order valence-electron chi connectivity index (χ3n) is 4.09. The van der Waals surface area contributed by atoms with Crippen LogP contribution in [0.1, 0.15) is 47.0 Å². The van der Waals surface area contributed by atoms with Gasteiger partial charge < -0.3 is 25.9 Å². The summed E-state index contributed by atoms with van der Waals surface area (Å²) in [6.45, 7) is 8.62. The molecule has 0 aromatic carbocycles. The van der Waals surface area contributed by atoms with Crippen LogP contribution in [0.4, 0.5) is 5.82 Å². The first-order chi connectivity index (χ1) is 13.9. The Hall–Kier alpha value is -2.74. The molecule has 2 aromatic rings. The number of aromatic nitrogens is 3. The number of nitrogens with zero attached hydrogens (tertiary/aromatic N) is 2. The molecule has 1 unspecified atom stereocenters. The fraction of sp³-hybridized carbons (Fsp3) is 0.524. The van der Waals surface area contributed by atoms with Gasteiger partial charge in [0.1, 0.15) is 12.1 Å². The number of ether oxygens (including phenoxy) is 1. The number of nitrogens with two attached hydrogens (primary N) is 1. The van der Waals surface area contributed by atoms with E-state index in [0.29, 0.717) is 24.0 Å². The molecule has 2 rings (SSSR count). The summed E-state index contributed by atoms with van der Waals surface area (Å²) in [5.41, 5.74) is 7.76. The minimum Gasteiger partial charge on any atom is -0.475 e. The van der Waals surface area contributed by atoms with Gasteiger partial charge in [0.2, 0.25) is 5.88 Å². The number of aliphatic hydroxyl groups is 1. The molecule has 0 spiro atoms. The second kappa shape index (κ2) is 12.7. The van der Waals surface area contributed by atoms with Crippen LogP contribution in [0.3, 0.4) is 0 Å². The largest absolute Gasteiger partial charge is 0.475 e. The Labute approximate surface area is 172 Å². The summed E-state index contributed by atoms with van der Waals surface area (Å²) < 4.78 is 7.10. The van der Waals surface area contributed by atoms with Crippen molar-refractivity contribution in [3.05, 3.63) is 40.5 Å². The molecule has 2 heterocycles. The Balaban J connectivity index is 0.000000749. The number of hydrogen-bond acceptors (Lipinski definition) is 6. The molecule has 0 fully saturated rings. The first-order valence-corrected chi connectivity index (χ1v) is 10.0. The minimum atomic E-state index is -0.553. The molecule has 0 saturated heterocycles. The maximum absolute atomic E-state index is 12.2. The normalized spacial score (nSPS) is 12.7. The SMILES string of the molecule is C/C=C\CC.CCCC(O)COc1cc2c([nH]c(=O)n2C/C(C)=C/NC)c(N)n1. The summed E-state index contributed by atoms with van der Waals surface area (Å²) in [6.07, 6.45) is 8.14. The molecule has 8 nitrogen and oxygen atoms in total. The Kier molecular flexibility index (Phi) is 10.6. The van der Waals surface area contributed by atoms with Crippen LogP contribution in [-0.4, -0.2) is 39.4 Å². The molecule has 0 saturated carbocycles. The van der Waals surface area contributed by atoms with Crippen LogP contribution in [0.2, 0.25) is 0 Å². The third kappa shape index (κ3) is 7.65. The van der Waals surface area contributed by atoms with Gasteiger partial charge in [0.15, 0.2) is 5.82 Å². The van der Waals surface area contributed by atoms with Gasteiger partial charge in [-0.1, -0.05) is 32.4 Å². The molecule has 29 heavy (non-hydrogen) atoms. The van der Waals surface area contributed by atoms with Crippen molar-refractivity contribution >= 4 is 16.9 Å². The molecule has 5 N–H and O–H groups in total. The van der Waals surface area contributed by atoms with E-state index in [2.05, 4.69) is 34.4 Å². The number of rotatable bonds is 9. The summed E-state index contributed by atoms with van der Waals surface area (Å²) in [5.74, 6) is 0.483. The predicted octanol–water partition coefficient (Wildman–Crippen LogP) is 2.94. The van der Waals surface area contributed by atoms with Crippen molar-refractivity contribution in [2.45, 2.75) is 59.6 Å². The van der Waals surface area contributed by atoms with E-state index in [1.54, 1.807) is 17.7 Å². The number of allylic oxidation sites excluding steroid dienone is 3. The third-order valence-corrected chi connectivity index (χ3v) is 4.09. The lowest BCUT2D eigenvalue weighted by Gasteiger charge is -2.11. The zero-order valence-corrected chi connectivity index (χ0v) is 18.2. The van der Waals surface area contributed by atoms with Crippen molar-refractivity contribution in [2.24, 2.45) is 0 Å². The van der Waals surface area contributed by atoms with Gasteiger partial charge >= 0.3 is 5.69 Å². The van der Waals surface area contributed by atoms with Crippen LogP contribution in [0.5, 0.6) is 5.88 Å². The van der Waals surface area contributed by atoms with Gasteiger partial charge in [-0.15, -0.1) is 0 Å². The lowest BCUT2D eigenvalue weighted by molar-refractivity contribution is 0.0971. The predicted molar refractivity (Wildman–Crippen MR) is 119 cm³/mol. The fourth-order valence-corrected chi connectivity index (χ4v) is 2.76. The topological polar surface area (TPSA) is 118 Å². The second-order valence-electron chi connectivity index (χ2n) is 6.77. The van der Waals surface area contributed by atoms with Crippen molar-refractivity contribution in [3.63, 3.8) is 0 Å². The highest BCUT2D eigenvalue weighted by Crippen LogP contribution is 2.22. The molecular weight excluding hydrogens is 370 g/mol. The minimum absolute atomic E-state index is 0.138. The van der Waals surface area contributed by atoms with Crippen molar-refractivity contribution in [1.82, 2.24) is 19.9 Å². The van der Waals surface area contributed by atoms with E-state index < -0.39 is 6.10 Å². The molecule has 0 radical (unpaired) electrons. The lowest BCUT2D eigenvalue weighted by Crippen LogP contribution is -2.18. The van der Waals surface area contributed by atoms with Crippen LogP contribution in [0, 0.1) is 0 Å². The van der Waals surface area contributed by atoms with E-state index in [-0.39, 0.29) is 24.0 Å². The molecule has 0 aliphatic rings. The summed E-state index contributed by atoms with van der Waals surface area (Å²) in [4.78, 5) is 19.0. The molecule has 0 bridgehead atoms. The number of anilines is 1. The van der Waals surface area contributed by atoms with E-state index in [1.807, 2.05) is 27.0 Å². The number of imidazole rings is 1. The Morgan fingerprint density at radius 3 is 2.76 bits per heavy atom. The number of aliphatic hydroxyl groups excluding tert-OH is 1. The van der Waals surface area contributed by atoms with Crippen LogP contribution in [0.15, 0.2) is 34.8 Å². The smallest absolute Gasteiger partial charge is 0.326 e. The van der Waals surface area contributed by atoms with Gasteiger partial charge in [-0.3, -0.25) is 4.57 Å². The van der Waals surface area contributed by atoms with E-state index in [4.69, 9.17) is 10.5 Å². The molecule has 1 atom stereocenters. The van der Waals surface area contributed by atoms with Crippen molar-refractivity contribution in [2.75, 3.05) is 19.4 Å². The van der Waals surface area contributed by atoms with Gasteiger partial charge in [-0.2, -0.15) is 4.98 Å². The van der Waals surface area contributed by atoms with Gasteiger partial charge in [0.05, 0.1) is 18.2 Å². The zero-order chi connectivity index (χ0) is 21.8. The number of fused-ring (bicyclic) bond motifs is 1. The first-order valence-electron chi connectivity index (χ1n) is 10.0. The van der Waals surface area contributed by atoms with E-state index in [0.717, 1.165) is 18.4 Å². The molecular formula is C21H35N5O3. The zero-order valence-electron chi connectivity index (χ0n) is 18.2. The summed E-state index contributed by atoms with van der Waals surface area (Å²) in [7, 11) is 1.80. The summed E-state index contributed by atoms with van der Waals surface area (Å²) in [6, 6.07) is 1.66. The lowest BCUT2D eigenvalue weighted by atomic mass is 10.2. The monoisotopic (exact) mass is 405 g/mol. The summed E-state index contributed by atoms with van der Waals surface area (Å²) >= 11 is 0. The highest BCUT2D eigenvalue weighted by atomic mass is 16.5. The number of pyridine rings is 1. The standard InChI is InChI=1S/C16H25N5O3.C5H10/c1-4-5-11(22)9-24-13-6-12-14(15(17)19-13)20-16(23)21(12)8-10(2)7-18-3;1-3-5-4-2/h6-7,11,18,22H,4-5,8-9H2,1-3H3,(H2,17,19)(H,20,23);3,5H,4H2,1-2H3/b10-7+;5-3-. The Morgan fingerprint density at radius 1 is 1.48 bits per heavy atom. The van der Waals surface area contributed by atoms with Gasteiger partial charge in [-0.25, -0.2) is 4.79 Å². The van der Waals surface area contributed by atoms with Crippen LogP contribution >= 0.6 is 0 Å². The molecule has 2 aromatic heterocycles. The number of nitrogen functional groups attached to an aromatic ring is 1. The number of hydrogen-bond donors (Lipinski definition) is 4. The highest BCUT2D eigenvalue weighted by Gasteiger charge is 2.14. The molecule has 162 valence electrons. The van der Waals surface area contributed by atoms with Crippen LogP contribution in [-0.2, 0) is 6.54 Å². The van der Waals surface area contributed by atoms with Crippen molar-refractivity contribution in [1.29, 1.82) is 0 Å². The maximum atomic E-state index is 12.2. The Bertz CT molecular complexity index is 867. The molecule has 8 heteroatoms. The van der Waals surface area contributed by atoms with Gasteiger partial charge in [-0.05, 0) is 38.5 Å². The maximum Gasteiger partial charge on any atom is 0.326 e.